The van der Waals surface area contributed by atoms with Crippen molar-refractivity contribution in [3.05, 3.63) is 12.2 Å². The highest BCUT2D eigenvalue weighted by molar-refractivity contribution is 5.93. The molecule has 0 aromatic rings. The third-order valence-electron chi connectivity index (χ3n) is 2.18. The molecule has 0 aromatic heterocycles. The molecule has 0 amide bonds. The van der Waals surface area contributed by atoms with Gasteiger partial charge in [0.05, 0.1) is 0 Å². The van der Waals surface area contributed by atoms with Crippen LogP contribution in [-0.2, 0) is 14.3 Å². The van der Waals surface area contributed by atoms with Crippen LogP contribution in [0.3, 0.4) is 0 Å². The molecule has 0 saturated carbocycles. The van der Waals surface area contributed by atoms with E-state index in [9.17, 15) is 22.8 Å². The van der Waals surface area contributed by atoms with Crippen LogP contribution in [0.25, 0.3) is 0 Å². The van der Waals surface area contributed by atoms with E-state index >= 15 is 0 Å². The van der Waals surface area contributed by atoms with Crippen molar-refractivity contribution in [1.29, 1.82) is 0 Å². The van der Waals surface area contributed by atoms with Crippen molar-refractivity contribution < 1.29 is 27.5 Å². The Hall–Kier alpha value is -1.37. The molecule has 7 heteroatoms. The lowest BCUT2D eigenvalue weighted by Crippen LogP contribution is -2.28. The van der Waals surface area contributed by atoms with E-state index in [1.807, 2.05) is 13.8 Å². The van der Waals surface area contributed by atoms with Crippen LogP contribution in [0.2, 0.25) is 0 Å². The maximum atomic E-state index is 11.7. The number of esters is 2. The third-order valence-corrected chi connectivity index (χ3v) is 2.18. The number of hydrogen-bond acceptors (Lipinski definition) is 4. The number of nitrogens with two attached hydrogens (primary N) is 1. The molecular weight excluding hydrogens is 239 g/mol. The maximum absolute atomic E-state index is 11.7. The van der Waals surface area contributed by atoms with Crippen molar-refractivity contribution in [2.75, 3.05) is 0 Å². The summed E-state index contributed by atoms with van der Waals surface area (Å²) >= 11 is 0. The van der Waals surface area contributed by atoms with Gasteiger partial charge in [-0.05, 0) is 5.92 Å². The Morgan fingerprint density at radius 3 is 2.35 bits per heavy atom. The average molecular weight is 253 g/mol. The minimum atomic E-state index is -5.18. The Kier molecular flexibility index (Phi) is 5.87. The summed E-state index contributed by atoms with van der Waals surface area (Å²) in [6, 6.07) is -0.478. The summed E-state index contributed by atoms with van der Waals surface area (Å²) in [6.07, 6.45) is -2.50. The van der Waals surface area contributed by atoms with Crippen LogP contribution in [0.5, 0.6) is 0 Å². The van der Waals surface area contributed by atoms with Gasteiger partial charge in [-0.25, -0.2) is 9.59 Å². The first kappa shape index (κ1) is 15.6. The van der Waals surface area contributed by atoms with E-state index < -0.39 is 24.2 Å². The zero-order valence-electron chi connectivity index (χ0n) is 9.45. The standard InChI is InChI=1S/C10H14F3NO3/c1-3-6(2)7(14)4-5-8(15)17-9(16)10(11,12)13/h4-7H,3,14H2,1-2H3/b5-4+/t6-,7+/m0/s1. The van der Waals surface area contributed by atoms with Crippen LogP contribution in [0.15, 0.2) is 12.2 Å². The molecule has 98 valence electrons. The van der Waals surface area contributed by atoms with Gasteiger partial charge in [-0.3, -0.25) is 0 Å². The molecule has 17 heavy (non-hydrogen) atoms. The Balaban J connectivity index is 4.28. The van der Waals surface area contributed by atoms with Crippen molar-refractivity contribution in [2.45, 2.75) is 32.5 Å². The number of ether oxygens (including phenoxy) is 1. The molecule has 4 nitrogen and oxygen atoms in total. The molecule has 0 aliphatic rings. The van der Waals surface area contributed by atoms with E-state index in [2.05, 4.69) is 4.74 Å². The second-order valence-electron chi connectivity index (χ2n) is 3.53. The molecule has 2 N–H and O–H groups in total. The van der Waals surface area contributed by atoms with Crippen molar-refractivity contribution in [3.8, 4) is 0 Å². The van der Waals surface area contributed by atoms with Gasteiger partial charge in [0, 0.05) is 12.1 Å². The SMILES string of the molecule is CC[C@H](C)[C@H](N)/C=C/C(=O)OC(=O)C(F)(F)F. The highest BCUT2D eigenvalue weighted by Gasteiger charge is 2.42. The highest BCUT2D eigenvalue weighted by Crippen LogP contribution is 2.16. The second-order valence-corrected chi connectivity index (χ2v) is 3.53. The van der Waals surface area contributed by atoms with Crippen LogP contribution in [0, 0.1) is 5.92 Å². The lowest BCUT2D eigenvalue weighted by Gasteiger charge is -2.13. The summed E-state index contributed by atoms with van der Waals surface area (Å²) in [6.45, 7) is 3.70. The van der Waals surface area contributed by atoms with Gasteiger partial charge in [0.1, 0.15) is 0 Å². The van der Waals surface area contributed by atoms with Crippen LogP contribution >= 0.6 is 0 Å². The van der Waals surface area contributed by atoms with Gasteiger partial charge in [0.2, 0.25) is 0 Å². The zero-order valence-corrected chi connectivity index (χ0v) is 9.45. The van der Waals surface area contributed by atoms with Gasteiger partial charge in [0.25, 0.3) is 0 Å². The quantitative estimate of drug-likeness (QED) is 0.469. The molecular formula is C10H14F3NO3. The molecule has 0 radical (unpaired) electrons. The number of carbonyl (C=O) groups is 2. The van der Waals surface area contributed by atoms with Crippen LogP contribution in [0.4, 0.5) is 13.2 Å². The predicted octanol–water partition coefficient (Wildman–Crippen LogP) is 1.55. The number of carbonyl (C=O) groups excluding carboxylic acids is 2. The first-order chi connectivity index (χ1) is 7.68. The summed E-state index contributed by atoms with van der Waals surface area (Å²) in [5, 5.41) is 0. The predicted molar refractivity (Wildman–Crippen MR) is 53.7 cm³/mol. The number of halogens is 3. The summed E-state index contributed by atoms with van der Waals surface area (Å²) in [5.74, 6) is -3.85. The van der Waals surface area contributed by atoms with Crippen molar-refractivity contribution >= 4 is 11.9 Å². The minimum absolute atomic E-state index is 0.0670. The first-order valence-corrected chi connectivity index (χ1v) is 4.95. The average Bonchev–Trinajstić information content (AvgIpc) is 2.23. The number of hydrogen-bond donors (Lipinski definition) is 1. The molecule has 0 spiro atoms. The van der Waals surface area contributed by atoms with Crippen molar-refractivity contribution in [3.63, 3.8) is 0 Å². The van der Waals surface area contributed by atoms with Crippen LogP contribution in [-0.4, -0.2) is 24.2 Å². The van der Waals surface area contributed by atoms with E-state index in [0.717, 1.165) is 12.5 Å². The van der Waals surface area contributed by atoms with Crippen molar-refractivity contribution in [2.24, 2.45) is 11.7 Å². The van der Waals surface area contributed by atoms with Crippen LogP contribution in [0.1, 0.15) is 20.3 Å². The summed E-state index contributed by atoms with van der Waals surface area (Å²) in [5.41, 5.74) is 5.59. The Morgan fingerprint density at radius 1 is 1.41 bits per heavy atom. The fourth-order valence-corrected chi connectivity index (χ4v) is 0.835. The van der Waals surface area contributed by atoms with Gasteiger partial charge >= 0.3 is 18.1 Å². The zero-order chi connectivity index (χ0) is 13.6. The Labute approximate surface area is 96.6 Å². The second kappa shape index (κ2) is 6.39. The number of rotatable bonds is 4. The fraction of sp³-hybridized carbons (Fsp3) is 0.600. The van der Waals surface area contributed by atoms with Gasteiger partial charge in [-0.2, -0.15) is 13.2 Å². The minimum Gasteiger partial charge on any atom is -0.383 e. The normalized spacial score (nSPS) is 15.6. The van der Waals surface area contributed by atoms with E-state index in [0.29, 0.717) is 0 Å². The number of alkyl halides is 3. The lowest BCUT2D eigenvalue weighted by atomic mass is 10.00. The fourth-order valence-electron chi connectivity index (χ4n) is 0.835. The molecule has 0 fully saturated rings. The Bertz CT molecular complexity index is 312. The van der Waals surface area contributed by atoms with E-state index in [-0.39, 0.29) is 5.92 Å². The molecule has 0 rings (SSSR count). The highest BCUT2D eigenvalue weighted by atomic mass is 19.4. The summed E-state index contributed by atoms with van der Waals surface area (Å²) in [4.78, 5) is 21.1. The molecule has 0 saturated heterocycles. The molecule has 0 aromatic carbocycles. The van der Waals surface area contributed by atoms with E-state index in [4.69, 9.17) is 5.73 Å². The van der Waals surface area contributed by atoms with Crippen molar-refractivity contribution in [1.82, 2.24) is 0 Å². The Morgan fingerprint density at radius 2 is 1.94 bits per heavy atom. The molecule has 0 bridgehead atoms. The van der Waals surface area contributed by atoms with Gasteiger partial charge < -0.3 is 10.5 Å². The van der Waals surface area contributed by atoms with Crippen LogP contribution < -0.4 is 5.73 Å². The molecule has 0 aliphatic carbocycles. The first-order valence-electron chi connectivity index (χ1n) is 4.95. The molecule has 0 unspecified atom stereocenters. The van der Waals surface area contributed by atoms with E-state index in [1.165, 1.54) is 6.08 Å². The smallest absolute Gasteiger partial charge is 0.383 e. The molecule has 2 atom stereocenters. The summed E-state index contributed by atoms with van der Waals surface area (Å²) in [7, 11) is 0. The maximum Gasteiger partial charge on any atom is 0.491 e. The molecule has 0 aliphatic heterocycles. The summed E-state index contributed by atoms with van der Waals surface area (Å²) < 4.78 is 38.7. The van der Waals surface area contributed by atoms with Gasteiger partial charge in [-0.1, -0.05) is 26.3 Å². The largest absolute Gasteiger partial charge is 0.491 e. The van der Waals surface area contributed by atoms with Gasteiger partial charge in [0.15, 0.2) is 0 Å². The lowest BCUT2D eigenvalue weighted by molar-refractivity contribution is -0.200. The topological polar surface area (TPSA) is 69.4 Å². The monoisotopic (exact) mass is 253 g/mol. The molecule has 0 heterocycles. The van der Waals surface area contributed by atoms with Gasteiger partial charge in [-0.15, -0.1) is 0 Å². The van der Waals surface area contributed by atoms with E-state index in [1.54, 1.807) is 0 Å². The third kappa shape index (κ3) is 6.06.